The van der Waals surface area contributed by atoms with Gasteiger partial charge in [0.2, 0.25) is 5.91 Å². The Morgan fingerprint density at radius 1 is 1.37 bits per heavy atom. The lowest BCUT2D eigenvalue weighted by molar-refractivity contribution is -0.121. The zero-order chi connectivity index (χ0) is 14.5. The van der Waals surface area contributed by atoms with Crippen molar-refractivity contribution < 1.29 is 4.79 Å². The monoisotopic (exact) mass is 269 g/mol. The number of nitrogens with two attached hydrogens (primary N) is 1. The minimum absolute atomic E-state index is 0.00283. The third kappa shape index (κ3) is 5.91. The average molecular weight is 269 g/mol. The van der Waals surface area contributed by atoms with Crippen molar-refractivity contribution in [3.8, 4) is 0 Å². The van der Waals surface area contributed by atoms with Crippen LogP contribution in [0.3, 0.4) is 0 Å². The van der Waals surface area contributed by atoms with Crippen molar-refractivity contribution in [2.45, 2.75) is 64.0 Å². The first-order valence-electron chi connectivity index (χ1n) is 7.51. The van der Waals surface area contributed by atoms with Gasteiger partial charge in [0.25, 0.3) is 0 Å². The molecule has 1 aliphatic rings. The zero-order valence-corrected chi connectivity index (χ0v) is 13.0. The number of carbonyl (C=O) groups excluding carboxylic acids is 1. The number of carbonyl (C=O) groups is 1. The van der Waals surface area contributed by atoms with Gasteiger partial charge in [0.1, 0.15) is 0 Å². The molecule has 1 saturated carbocycles. The fraction of sp³-hybridized carbons (Fsp3) is 0.933. The quantitative estimate of drug-likeness (QED) is 0.772. The fourth-order valence-electron chi connectivity index (χ4n) is 2.49. The highest BCUT2D eigenvalue weighted by Gasteiger charge is 2.22. The van der Waals surface area contributed by atoms with Crippen LogP contribution in [-0.4, -0.2) is 43.0 Å². The average Bonchev–Trinajstić information content (AvgIpc) is 2.34. The molecular weight excluding hydrogens is 238 g/mol. The normalized spacial score (nSPS) is 24.5. The molecule has 1 rings (SSSR count). The molecule has 0 aliphatic heterocycles. The van der Waals surface area contributed by atoms with Gasteiger partial charge in [-0.1, -0.05) is 12.8 Å². The molecule has 0 aromatic rings. The lowest BCUT2D eigenvalue weighted by atomic mass is 9.83. The summed E-state index contributed by atoms with van der Waals surface area (Å²) in [5.74, 6) is 0.824. The van der Waals surface area contributed by atoms with Crippen molar-refractivity contribution in [1.82, 2.24) is 10.2 Å². The molecule has 0 aromatic carbocycles. The summed E-state index contributed by atoms with van der Waals surface area (Å²) in [6, 6.07) is 0.356. The van der Waals surface area contributed by atoms with E-state index in [4.69, 9.17) is 5.73 Å². The third-order valence-corrected chi connectivity index (χ3v) is 4.53. The van der Waals surface area contributed by atoms with Crippen molar-refractivity contribution in [3.05, 3.63) is 0 Å². The van der Waals surface area contributed by atoms with Crippen LogP contribution in [0.5, 0.6) is 0 Å². The summed E-state index contributed by atoms with van der Waals surface area (Å²) in [5.41, 5.74) is 5.98. The molecule has 0 spiro atoms. The van der Waals surface area contributed by atoms with Crippen LogP contribution in [-0.2, 0) is 4.79 Å². The summed E-state index contributed by atoms with van der Waals surface area (Å²) >= 11 is 0. The predicted molar refractivity (Wildman–Crippen MR) is 79.9 cm³/mol. The van der Waals surface area contributed by atoms with Gasteiger partial charge in [-0.2, -0.15) is 0 Å². The van der Waals surface area contributed by atoms with E-state index in [0.717, 1.165) is 19.3 Å². The van der Waals surface area contributed by atoms with Gasteiger partial charge in [0, 0.05) is 24.5 Å². The van der Waals surface area contributed by atoms with E-state index >= 15 is 0 Å². The Morgan fingerprint density at radius 3 is 2.63 bits per heavy atom. The van der Waals surface area contributed by atoms with Gasteiger partial charge in [-0.15, -0.1) is 0 Å². The maximum atomic E-state index is 11.9. The summed E-state index contributed by atoms with van der Waals surface area (Å²) in [6.45, 7) is 4.96. The topological polar surface area (TPSA) is 58.4 Å². The Balaban J connectivity index is 2.21. The molecule has 0 bridgehead atoms. The standard InChI is InChI=1S/C15H31N3O/c1-15(2,18(3)4)11-17-14(19)9-8-12-6-5-7-13(16)10-12/h12-13H,5-11,16H2,1-4H3,(H,17,19). The molecule has 0 aromatic heterocycles. The van der Waals surface area contributed by atoms with Crippen molar-refractivity contribution in [1.29, 1.82) is 0 Å². The minimum atomic E-state index is 0.00283. The second kappa shape index (κ2) is 7.25. The summed E-state index contributed by atoms with van der Waals surface area (Å²) < 4.78 is 0. The van der Waals surface area contributed by atoms with Gasteiger partial charge in [-0.25, -0.2) is 0 Å². The molecule has 1 amide bonds. The number of rotatable bonds is 6. The van der Waals surface area contributed by atoms with E-state index in [-0.39, 0.29) is 11.4 Å². The van der Waals surface area contributed by atoms with E-state index in [1.165, 1.54) is 12.8 Å². The van der Waals surface area contributed by atoms with E-state index in [9.17, 15) is 4.79 Å². The zero-order valence-electron chi connectivity index (χ0n) is 13.0. The van der Waals surface area contributed by atoms with E-state index in [1.807, 2.05) is 14.1 Å². The van der Waals surface area contributed by atoms with E-state index in [2.05, 4.69) is 24.1 Å². The van der Waals surface area contributed by atoms with Crippen LogP contribution in [0.1, 0.15) is 52.4 Å². The van der Waals surface area contributed by atoms with Crippen LogP contribution in [0.15, 0.2) is 0 Å². The SMILES string of the molecule is CN(C)C(C)(C)CNC(=O)CCC1CCCC(N)C1. The largest absolute Gasteiger partial charge is 0.354 e. The minimum Gasteiger partial charge on any atom is -0.354 e. The van der Waals surface area contributed by atoms with Crippen molar-refractivity contribution >= 4 is 5.91 Å². The number of hydrogen-bond acceptors (Lipinski definition) is 3. The van der Waals surface area contributed by atoms with Crippen LogP contribution in [0.4, 0.5) is 0 Å². The van der Waals surface area contributed by atoms with Crippen molar-refractivity contribution in [2.24, 2.45) is 11.7 Å². The maximum Gasteiger partial charge on any atom is 0.220 e. The fourth-order valence-corrected chi connectivity index (χ4v) is 2.49. The van der Waals surface area contributed by atoms with E-state index in [0.29, 0.717) is 24.9 Å². The molecule has 2 atom stereocenters. The second-order valence-electron chi connectivity index (χ2n) is 6.81. The highest BCUT2D eigenvalue weighted by molar-refractivity contribution is 5.75. The van der Waals surface area contributed by atoms with Gasteiger partial charge >= 0.3 is 0 Å². The van der Waals surface area contributed by atoms with Crippen molar-refractivity contribution in [3.63, 3.8) is 0 Å². The van der Waals surface area contributed by atoms with Crippen LogP contribution in [0.2, 0.25) is 0 Å². The van der Waals surface area contributed by atoms with Gasteiger partial charge in [-0.05, 0) is 53.1 Å². The first-order chi connectivity index (χ1) is 8.81. The Bertz CT molecular complexity index is 289. The van der Waals surface area contributed by atoms with Crippen LogP contribution in [0.25, 0.3) is 0 Å². The predicted octanol–water partition coefficient (Wildman–Crippen LogP) is 1.74. The molecule has 1 aliphatic carbocycles. The highest BCUT2D eigenvalue weighted by Crippen LogP contribution is 2.26. The lowest BCUT2D eigenvalue weighted by Crippen LogP contribution is -2.48. The third-order valence-electron chi connectivity index (χ3n) is 4.53. The van der Waals surface area contributed by atoms with Gasteiger partial charge in [0.15, 0.2) is 0 Å². The Labute approximate surface area is 118 Å². The maximum absolute atomic E-state index is 11.9. The second-order valence-corrected chi connectivity index (χ2v) is 6.81. The first kappa shape index (κ1) is 16.4. The number of nitrogens with one attached hydrogen (secondary N) is 1. The summed E-state index contributed by atoms with van der Waals surface area (Å²) in [6.07, 6.45) is 6.34. The van der Waals surface area contributed by atoms with Crippen LogP contribution >= 0.6 is 0 Å². The van der Waals surface area contributed by atoms with E-state index in [1.54, 1.807) is 0 Å². The first-order valence-corrected chi connectivity index (χ1v) is 7.51. The molecule has 0 saturated heterocycles. The molecule has 2 unspecified atom stereocenters. The number of nitrogens with zero attached hydrogens (tertiary/aromatic N) is 1. The molecule has 112 valence electrons. The van der Waals surface area contributed by atoms with Gasteiger partial charge < -0.3 is 16.0 Å². The Morgan fingerprint density at radius 2 is 2.05 bits per heavy atom. The molecule has 1 fully saturated rings. The molecular formula is C15H31N3O. The molecule has 0 heterocycles. The number of amides is 1. The van der Waals surface area contributed by atoms with Gasteiger partial charge in [-0.3, -0.25) is 4.79 Å². The van der Waals surface area contributed by atoms with E-state index < -0.39 is 0 Å². The number of hydrogen-bond donors (Lipinski definition) is 2. The Hall–Kier alpha value is -0.610. The highest BCUT2D eigenvalue weighted by atomic mass is 16.1. The van der Waals surface area contributed by atoms with Gasteiger partial charge in [0.05, 0.1) is 0 Å². The molecule has 4 nitrogen and oxygen atoms in total. The molecule has 0 radical (unpaired) electrons. The van der Waals surface area contributed by atoms with Crippen LogP contribution < -0.4 is 11.1 Å². The molecule has 19 heavy (non-hydrogen) atoms. The van der Waals surface area contributed by atoms with Crippen molar-refractivity contribution in [2.75, 3.05) is 20.6 Å². The summed E-state index contributed by atoms with van der Waals surface area (Å²) in [4.78, 5) is 14.0. The summed E-state index contributed by atoms with van der Waals surface area (Å²) in [7, 11) is 4.07. The van der Waals surface area contributed by atoms with Crippen LogP contribution in [0, 0.1) is 5.92 Å². The lowest BCUT2D eigenvalue weighted by Gasteiger charge is -2.32. The number of likely N-dealkylation sites (N-methyl/N-ethyl adjacent to an activating group) is 1. The smallest absolute Gasteiger partial charge is 0.220 e. The molecule has 3 N–H and O–H groups in total. The Kier molecular flexibility index (Phi) is 6.27. The summed E-state index contributed by atoms with van der Waals surface area (Å²) in [5, 5.41) is 3.04. The molecule has 4 heteroatoms.